The fourth-order valence-corrected chi connectivity index (χ4v) is 2.53. The first kappa shape index (κ1) is 13.4. The highest BCUT2D eigenvalue weighted by Crippen LogP contribution is 2.24. The normalized spacial score (nSPS) is 12.2. The highest BCUT2D eigenvalue weighted by atomic mass is 127. The summed E-state index contributed by atoms with van der Waals surface area (Å²) in [5.74, 6) is 0.901. The number of methoxy groups -OCH3 is 1. The van der Waals surface area contributed by atoms with Gasteiger partial charge in [0.1, 0.15) is 5.75 Å². The molecule has 0 amide bonds. The molecule has 2 rings (SSSR count). The summed E-state index contributed by atoms with van der Waals surface area (Å²) in [7, 11) is 1.69. The zero-order chi connectivity index (χ0) is 13.0. The van der Waals surface area contributed by atoms with Crippen LogP contribution < -0.4 is 10.5 Å². The van der Waals surface area contributed by atoms with Crippen LogP contribution in [0.5, 0.6) is 5.75 Å². The van der Waals surface area contributed by atoms with Crippen molar-refractivity contribution in [1.82, 2.24) is 0 Å². The molecule has 2 N–H and O–H groups in total. The van der Waals surface area contributed by atoms with E-state index >= 15 is 0 Å². The first-order valence-electron chi connectivity index (χ1n) is 5.83. The molecular weight excluding hydrogens is 337 g/mol. The van der Waals surface area contributed by atoms with Gasteiger partial charge in [-0.3, -0.25) is 0 Å². The molecule has 2 aromatic rings. The molecule has 0 saturated carbocycles. The molecule has 0 aliphatic carbocycles. The van der Waals surface area contributed by atoms with E-state index in [9.17, 15) is 0 Å². The summed E-state index contributed by atoms with van der Waals surface area (Å²) in [5, 5.41) is 0. The van der Waals surface area contributed by atoms with Crippen molar-refractivity contribution in [2.24, 2.45) is 5.73 Å². The zero-order valence-corrected chi connectivity index (χ0v) is 12.4. The van der Waals surface area contributed by atoms with Crippen LogP contribution in [-0.4, -0.2) is 7.11 Å². The second-order valence-electron chi connectivity index (χ2n) is 4.18. The predicted octanol–water partition coefficient (Wildman–Crippen LogP) is 3.54. The number of hydrogen-bond acceptors (Lipinski definition) is 2. The fourth-order valence-electron chi connectivity index (χ4n) is 1.96. The van der Waals surface area contributed by atoms with Crippen molar-refractivity contribution in [3.63, 3.8) is 0 Å². The Balaban J connectivity index is 2.18. The summed E-state index contributed by atoms with van der Waals surface area (Å²) >= 11 is 2.30. The van der Waals surface area contributed by atoms with Crippen molar-refractivity contribution >= 4 is 22.6 Å². The van der Waals surface area contributed by atoms with Gasteiger partial charge in [0.05, 0.1) is 7.11 Å². The Bertz CT molecular complexity index is 527. The van der Waals surface area contributed by atoms with E-state index in [-0.39, 0.29) is 6.04 Å². The van der Waals surface area contributed by atoms with Gasteiger partial charge in [0.2, 0.25) is 0 Å². The van der Waals surface area contributed by atoms with E-state index in [2.05, 4.69) is 46.9 Å². The van der Waals surface area contributed by atoms with E-state index in [0.717, 1.165) is 23.3 Å². The lowest BCUT2D eigenvalue weighted by molar-refractivity contribution is 0.408. The Kier molecular flexibility index (Phi) is 4.60. The summed E-state index contributed by atoms with van der Waals surface area (Å²) in [5.41, 5.74) is 8.57. The SMILES string of the molecule is COc1ccccc1CC(N)c1cccc(I)c1. The minimum Gasteiger partial charge on any atom is -0.496 e. The van der Waals surface area contributed by atoms with Crippen LogP contribution in [0.3, 0.4) is 0 Å². The molecule has 2 nitrogen and oxygen atoms in total. The average molecular weight is 353 g/mol. The predicted molar refractivity (Wildman–Crippen MR) is 82.8 cm³/mol. The van der Waals surface area contributed by atoms with Gasteiger partial charge >= 0.3 is 0 Å². The number of hydrogen-bond donors (Lipinski definition) is 1. The number of nitrogens with two attached hydrogens (primary N) is 1. The zero-order valence-electron chi connectivity index (χ0n) is 10.3. The minimum atomic E-state index is -0.00369. The molecule has 0 saturated heterocycles. The molecule has 0 bridgehead atoms. The molecule has 0 aliphatic rings. The fraction of sp³-hybridized carbons (Fsp3) is 0.200. The van der Waals surface area contributed by atoms with Crippen LogP contribution >= 0.6 is 22.6 Å². The summed E-state index contributed by atoms with van der Waals surface area (Å²) in [6, 6.07) is 16.3. The molecule has 1 atom stereocenters. The van der Waals surface area contributed by atoms with Crippen molar-refractivity contribution in [3.05, 3.63) is 63.2 Å². The number of rotatable bonds is 4. The van der Waals surface area contributed by atoms with E-state index in [1.165, 1.54) is 3.57 Å². The molecule has 2 aromatic carbocycles. The van der Waals surface area contributed by atoms with Crippen LogP contribution in [0.15, 0.2) is 48.5 Å². The Morgan fingerprint density at radius 3 is 2.67 bits per heavy atom. The summed E-state index contributed by atoms with van der Waals surface area (Å²) < 4.78 is 6.56. The third-order valence-electron chi connectivity index (χ3n) is 2.91. The number of halogens is 1. The molecule has 3 heteroatoms. The van der Waals surface area contributed by atoms with Crippen molar-refractivity contribution in [3.8, 4) is 5.75 Å². The quantitative estimate of drug-likeness (QED) is 0.854. The molecule has 18 heavy (non-hydrogen) atoms. The molecule has 94 valence electrons. The van der Waals surface area contributed by atoms with Crippen LogP contribution in [0.1, 0.15) is 17.2 Å². The van der Waals surface area contributed by atoms with Crippen molar-refractivity contribution in [2.45, 2.75) is 12.5 Å². The van der Waals surface area contributed by atoms with E-state index in [1.807, 2.05) is 24.3 Å². The molecule has 0 heterocycles. The maximum absolute atomic E-state index is 6.26. The van der Waals surface area contributed by atoms with E-state index < -0.39 is 0 Å². The maximum atomic E-state index is 6.26. The van der Waals surface area contributed by atoms with E-state index in [1.54, 1.807) is 7.11 Å². The molecule has 0 aliphatic heterocycles. The van der Waals surface area contributed by atoms with Crippen molar-refractivity contribution in [1.29, 1.82) is 0 Å². The number of para-hydroxylation sites is 1. The Morgan fingerprint density at radius 1 is 1.17 bits per heavy atom. The first-order chi connectivity index (χ1) is 8.70. The maximum Gasteiger partial charge on any atom is 0.122 e. The van der Waals surface area contributed by atoms with Gasteiger partial charge in [0.25, 0.3) is 0 Å². The van der Waals surface area contributed by atoms with Gasteiger partial charge in [-0.15, -0.1) is 0 Å². The van der Waals surface area contributed by atoms with Gasteiger partial charge in [-0.05, 0) is 58.3 Å². The lowest BCUT2D eigenvalue weighted by Gasteiger charge is -2.14. The highest BCUT2D eigenvalue weighted by Gasteiger charge is 2.10. The Labute approximate surface area is 121 Å². The van der Waals surface area contributed by atoms with E-state index in [4.69, 9.17) is 10.5 Å². The molecule has 1 unspecified atom stereocenters. The van der Waals surface area contributed by atoms with Crippen LogP contribution in [0.4, 0.5) is 0 Å². The van der Waals surface area contributed by atoms with Crippen molar-refractivity contribution in [2.75, 3.05) is 7.11 Å². The van der Waals surface area contributed by atoms with Crippen LogP contribution in [0.25, 0.3) is 0 Å². The summed E-state index contributed by atoms with van der Waals surface area (Å²) in [6.07, 6.45) is 0.782. The lowest BCUT2D eigenvalue weighted by atomic mass is 9.99. The molecule has 0 spiro atoms. The number of ether oxygens (including phenoxy) is 1. The smallest absolute Gasteiger partial charge is 0.122 e. The Morgan fingerprint density at radius 2 is 1.94 bits per heavy atom. The van der Waals surface area contributed by atoms with Gasteiger partial charge in [0, 0.05) is 9.61 Å². The second kappa shape index (κ2) is 6.20. The minimum absolute atomic E-state index is 0.00369. The van der Waals surface area contributed by atoms with Crippen LogP contribution in [-0.2, 0) is 6.42 Å². The van der Waals surface area contributed by atoms with E-state index in [0.29, 0.717) is 0 Å². The molecule has 0 aromatic heterocycles. The highest BCUT2D eigenvalue weighted by molar-refractivity contribution is 14.1. The third-order valence-corrected chi connectivity index (χ3v) is 3.58. The first-order valence-corrected chi connectivity index (χ1v) is 6.91. The third kappa shape index (κ3) is 3.23. The molecule has 0 radical (unpaired) electrons. The Hall–Kier alpha value is -1.07. The van der Waals surface area contributed by atoms with Crippen molar-refractivity contribution < 1.29 is 4.74 Å². The summed E-state index contributed by atoms with van der Waals surface area (Å²) in [4.78, 5) is 0. The monoisotopic (exact) mass is 353 g/mol. The van der Waals surface area contributed by atoms with Gasteiger partial charge < -0.3 is 10.5 Å². The molecule has 0 fully saturated rings. The molecular formula is C15H16INO. The summed E-state index contributed by atoms with van der Waals surface area (Å²) in [6.45, 7) is 0. The lowest BCUT2D eigenvalue weighted by Crippen LogP contribution is -2.14. The van der Waals surface area contributed by atoms with Gasteiger partial charge in [-0.1, -0.05) is 30.3 Å². The topological polar surface area (TPSA) is 35.2 Å². The number of benzene rings is 2. The van der Waals surface area contributed by atoms with Crippen LogP contribution in [0, 0.1) is 3.57 Å². The largest absolute Gasteiger partial charge is 0.496 e. The van der Waals surface area contributed by atoms with Gasteiger partial charge in [-0.25, -0.2) is 0 Å². The van der Waals surface area contributed by atoms with Gasteiger partial charge in [-0.2, -0.15) is 0 Å². The standard InChI is InChI=1S/C15H16INO/c1-18-15-8-3-2-5-12(15)10-14(17)11-6-4-7-13(16)9-11/h2-9,14H,10,17H2,1H3. The average Bonchev–Trinajstić information content (AvgIpc) is 2.39. The van der Waals surface area contributed by atoms with Gasteiger partial charge in [0.15, 0.2) is 0 Å². The van der Waals surface area contributed by atoms with Crippen LogP contribution in [0.2, 0.25) is 0 Å². The second-order valence-corrected chi connectivity index (χ2v) is 5.42.